The average molecular weight is 280 g/mol. The number of carbonyl (C=O) groups is 1. The second-order valence-corrected chi connectivity index (χ2v) is 6.96. The van der Waals surface area contributed by atoms with Crippen LogP contribution in [0.4, 0.5) is 5.13 Å². The van der Waals surface area contributed by atoms with Gasteiger partial charge in [0, 0.05) is 12.6 Å². The van der Waals surface area contributed by atoms with Crippen LogP contribution in [0, 0.1) is 5.92 Å². The smallest absolute Gasteiger partial charge is 0.186 e. The highest BCUT2D eigenvalue weighted by atomic mass is 32.1. The number of hydrogen-bond donors (Lipinski definition) is 0. The van der Waals surface area contributed by atoms with Crippen molar-refractivity contribution < 1.29 is 4.79 Å². The van der Waals surface area contributed by atoms with E-state index in [1.807, 2.05) is 0 Å². The van der Waals surface area contributed by atoms with Gasteiger partial charge in [-0.3, -0.25) is 4.79 Å². The average Bonchev–Trinajstić information content (AvgIpc) is 3.13. The maximum Gasteiger partial charge on any atom is 0.186 e. The quantitative estimate of drug-likeness (QED) is 0.705. The number of thiazole rings is 1. The number of aromatic nitrogens is 1. The Morgan fingerprint density at radius 3 is 2.58 bits per heavy atom. The summed E-state index contributed by atoms with van der Waals surface area (Å²) in [6.07, 6.45) is 4.53. The lowest BCUT2D eigenvalue weighted by molar-refractivity contribution is 0.112. The topological polar surface area (TPSA) is 33.2 Å². The first kappa shape index (κ1) is 14.5. The predicted octanol–water partition coefficient (Wildman–Crippen LogP) is 4.09. The van der Waals surface area contributed by atoms with E-state index in [2.05, 4.69) is 32.6 Å². The summed E-state index contributed by atoms with van der Waals surface area (Å²) in [7, 11) is 0. The van der Waals surface area contributed by atoms with Crippen LogP contribution in [0.1, 0.15) is 68.2 Å². The molecular weight excluding hydrogens is 256 g/mol. The molecule has 0 saturated heterocycles. The minimum atomic E-state index is 0.366. The van der Waals surface area contributed by atoms with E-state index in [0.29, 0.717) is 17.9 Å². The van der Waals surface area contributed by atoms with Crippen molar-refractivity contribution in [3.05, 3.63) is 10.6 Å². The second-order valence-electron chi connectivity index (χ2n) is 5.95. The fourth-order valence-electron chi connectivity index (χ4n) is 2.25. The minimum absolute atomic E-state index is 0.366. The van der Waals surface area contributed by atoms with Crippen molar-refractivity contribution in [1.82, 2.24) is 4.98 Å². The lowest BCUT2D eigenvalue weighted by Crippen LogP contribution is -2.29. The molecule has 0 aromatic carbocycles. The molecule has 106 valence electrons. The first-order chi connectivity index (χ1) is 9.06. The third kappa shape index (κ3) is 3.35. The third-order valence-corrected chi connectivity index (χ3v) is 4.68. The molecular formula is C15H24N2OS. The van der Waals surface area contributed by atoms with Crippen molar-refractivity contribution >= 4 is 22.8 Å². The van der Waals surface area contributed by atoms with Gasteiger partial charge in [-0.15, -0.1) is 0 Å². The van der Waals surface area contributed by atoms with E-state index in [4.69, 9.17) is 4.98 Å². The standard InChI is InChI=1S/C15H24N2OS/c1-5-11(4)14-13(9-18)19-15(16-14)17(8-10(2)3)12-6-7-12/h9-12H,5-8H2,1-4H3. The molecule has 1 saturated carbocycles. The van der Waals surface area contributed by atoms with Crippen molar-refractivity contribution in [2.75, 3.05) is 11.4 Å². The van der Waals surface area contributed by atoms with Crippen LogP contribution >= 0.6 is 11.3 Å². The van der Waals surface area contributed by atoms with Gasteiger partial charge in [0.15, 0.2) is 11.4 Å². The maximum absolute atomic E-state index is 11.2. The third-order valence-electron chi connectivity index (χ3n) is 3.65. The molecule has 1 heterocycles. The normalized spacial score (nSPS) is 16.7. The van der Waals surface area contributed by atoms with Crippen molar-refractivity contribution in [3.63, 3.8) is 0 Å². The number of rotatable bonds is 7. The fraction of sp³-hybridized carbons (Fsp3) is 0.733. The molecule has 3 nitrogen and oxygen atoms in total. The Labute approximate surface area is 120 Å². The van der Waals surface area contributed by atoms with Gasteiger partial charge in [-0.2, -0.15) is 0 Å². The van der Waals surface area contributed by atoms with Crippen LogP contribution in [0.25, 0.3) is 0 Å². The van der Waals surface area contributed by atoms with Gasteiger partial charge in [0.25, 0.3) is 0 Å². The van der Waals surface area contributed by atoms with Crippen molar-refractivity contribution in [2.45, 2.75) is 58.9 Å². The Hall–Kier alpha value is -0.900. The first-order valence-corrected chi connectivity index (χ1v) is 8.11. The van der Waals surface area contributed by atoms with E-state index >= 15 is 0 Å². The van der Waals surface area contributed by atoms with Gasteiger partial charge in [-0.25, -0.2) is 4.98 Å². The Morgan fingerprint density at radius 2 is 2.11 bits per heavy atom. The van der Waals surface area contributed by atoms with Crippen LogP contribution in [0.2, 0.25) is 0 Å². The first-order valence-electron chi connectivity index (χ1n) is 7.29. The number of aldehydes is 1. The van der Waals surface area contributed by atoms with Gasteiger partial charge in [0.05, 0.1) is 10.6 Å². The molecule has 0 aliphatic heterocycles. The molecule has 1 atom stereocenters. The molecule has 2 rings (SSSR count). The van der Waals surface area contributed by atoms with Crippen molar-refractivity contribution in [1.29, 1.82) is 0 Å². The van der Waals surface area contributed by atoms with Gasteiger partial charge in [-0.05, 0) is 31.1 Å². The Morgan fingerprint density at radius 1 is 1.42 bits per heavy atom. The highest BCUT2D eigenvalue weighted by molar-refractivity contribution is 7.17. The predicted molar refractivity (Wildman–Crippen MR) is 81.4 cm³/mol. The molecule has 0 spiro atoms. The zero-order chi connectivity index (χ0) is 14.0. The molecule has 0 amide bonds. The summed E-state index contributed by atoms with van der Waals surface area (Å²) in [5.74, 6) is 0.988. The molecule has 1 unspecified atom stereocenters. The molecule has 0 radical (unpaired) electrons. The lowest BCUT2D eigenvalue weighted by atomic mass is 10.0. The summed E-state index contributed by atoms with van der Waals surface area (Å²) in [6, 6.07) is 0.651. The van der Waals surface area contributed by atoms with Crippen LogP contribution in [-0.2, 0) is 0 Å². The molecule has 1 aliphatic carbocycles. The van der Waals surface area contributed by atoms with Gasteiger partial charge in [0.1, 0.15) is 0 Å². The summed E-state index contributed by atoms with van der Waals surface area (Å²) in [4.78, 5) is 19.3. The van der Waals surface area contributed by atoms with E-state index in [-0.39, 0.29) is 0 Å². The van der Waals surface area contributed by atoms with Crippen molar-refractivity contribution in [3.8, 4) is 0 Å². The minimum Gasteiger partial charge on any atom is -0.345 e. The molecule has 0 N–H and O–H groups in total. The van der Waals surface area contributed by atoms with Gasteiger partial charge in [0.2, 0.25) is 0 Å². The zero-order valence-electron chi connectivity index (χ0n) is 12.3. The molecule has 1 aliphatic rings. The highest BCUT2D eigenvalue weighted by Crippen LogP contribution is 2.37. The number of nitrogens with zero attached hydrogens (tertiary/aromatic N) is 2. The monoisotopic (exact) mass is 280 g/mol. The van der Waals surface area contributed by atoms with Crippen LogP contribution in [0.5, 0.6) is 0 Å². The maximum atomic E-state index is 11.2. The van der Waals surface area contributed by atoms with Crippen LogP contribution < -0.4 is 4.90 Å². The molecule has 1 fully saturated rings. The van der Waals surface area contributed by atoms with Crippen molar-refractivity contribution in [2.24, 2.45) is 5.92 Å². The Balaban J connectivity index is 2.27. The lowest BCUT2D eigenvalue weighted by Gasteiger charge is -2.23. The van der Waals surface area contributed by atoms with E-state index < -0.39 is 0 Å². The van der Waals surface area contributed by atoms with Crippen LogP contribution in [0.3, 0.4) is 0 Å². The summed E-state index contributed by atoms with van der Waals surface area (Å²) in [5.41, 5.74) is 0.993. The summed E-state index contributed by atoms with van der Waals surface area (Å²) < 4.78 is 0. The molecule has 19 heavy (non-hydrogen) atoms. The van der Waals surface area contributed by atoms with E-state index in [0.717, 1.165) is 35.0 Å². The number of carbonyl (C=O) groups excluding carboxylic acids is 1. The summed E-state index contributed by atoms with van der Waals surface area (Å²) in [5, 5.41) is 1.05. The molecule has 0 bridgehead atoms. The van der Waals surface area contributed by atoms with Gasteiger partial charge in [-0.1, -0.05) is 39.0 Å². The number of hydrogen-bond acceptors (Lipinski definition) is 4. The Kier molecular flexibility index (Phi) is 4.61. The molecule has 4 heteroatoms. The van der Waals surface area contributed by atoms with Gasteiger partial charge >= 0.3 is 0 Å². The highest BCUT2D eigenvalue weighted by Gasteiger charge is 2.32. The van der Waals surface area contributed by atoms with Crippen LogP contribution in [-0.4, -0.2) is 23.9 Å². The molecule has 1 aromatic rings. The largest absolute Gasteiger partial charge is 0.345 e. The second kappa shape index (κ2) is 6.04. The van der Waals surface area contributed by atoms with E-state index in [1.165, 1.54) is 12.8 Å². The van der Waals surface area contributed by atoms with Gasteiger partial charge < -0.3 is 4.90 Å². The fourth-order valence-corrected chi connectivity index (χ4v) is 3.33. The SMILES string of the molecule is CCC(C)c1nc(N(CC(C)C)C2CC2)sc1C=O. The number of anilines is 1. The van der Waals surface area contributed by atoms with Crippen LogP contribution in [0.15, 0.2) is 0 Å². The van der Waals surface area contributed by atoms with E-state index in [9.17, 15) is 4.79 Å². The van der Waals surface area contributed by atoms with E-state index in [1.54, 1.807) is 11.3 Å². The summed E-state index contributed by atoms with van der Waals surface area (Å²) >= 11 is 1.57. The summed E-state index contributed by atoms with van der Waals surface area (Å²) in [6.45, 7) is 9.80. The zero-order valence-corrected chi connectivity index (χ0v) is 13.2. The Bertz CT molecular complexity index is 437. The molecule has 1 aromatic heterocycles.